The van der Waals surface area contributed by atoms with Crippen molar-refractivity contribution in [1.29, 1.82) is 0 Å². The Kier molecular flexibility index (Phi) is 6.71. The largest absolute Gasteiger partial charge is 0.441 e. The topological polar surface area (TPSA) is 55.1 Å². The highest BCUT2D eigenvalue weighted by molar-refractivity contribution is 7.98. The van der Waals surface area contributed by atoms with Crippen molar-refractivity contribution < 1.29 is 13.6 Å². The average molecular weight is 447 g/mol. The molecule has 0 aliphatic rings. The zero-order chi connectivity index (χ0) is 22.5. The van der Waals surface area contributed by atoms with E-state index in [0.29, 0.717) is 18.0 Å². The molecule has 0 atom stereocenters. The normalized spacial score (nSPS) is 10.8. The standard InChI is InChI=1S/C26H23FN2O2S/c1-17-3-13-23(14-4-17)32-16-24-18(2)31-26(29-24)21-9-7-20(8-10-21)25(30)28-15-19-5-11-22(27)12-6-19/h3-14H,15-16H2,1-2H3,(H,28,30). The Morgan fingerprint density at radius 1 is 0.969 bits per heavy atom. The number of rotatable bonds is 7. The number of benzene rings is 3. The van der Waals surface area contributed by atoms with Gasteiger partial charge in [0.05, 0.1) is 5.69 Å². The summed E-state index contributed by atoms with van der Waals surface area (Å²) in [6, 6.07) is 21.6. The van der Waals surface area contributed by atoms with E-state index in [2.05, 4.69) is 41.5 Å². The minimum atomic E-state index is -0.297. The quantitative estimate of drug-likeness (QED) is 0.338. The number of oxazole rings is 1. The van der Waals surface area contributed by atoms with Crippen molar-refractivity contribution in [2.45, 2.75) is 31.0 Å². The summed E-state index contributed by atoms with van der Waals surface area (Å²) in [6.45, 7) is 4.32. The second kappa shape index (κ2) is 9.83. The first-order chi connectivity index (χ1) is 15.5. The fourth-order valence-electron chi connectivity index (χ4n) is 3.12. The molecule has 1 heterocycles. The fraction of sp³-hybridized carbons (Fsp3) is 0.154. The first-order valence-electron chi connectivity index (χ1n) is 10.3. The van der Waals surface area contributed by atoms with E-state index in [9.17, 15) is 9.18 Å². The molecule has 0 aliphatic carbocycles. The highest BCUT2D eigenvalue weighted by Crippen LogP contribution is 2.28. The van der Waals surface area contributed by atoms with Gasteiger partial charge in [0, 0.05) is 28.3 Å². The molecule has 4 nitrogen and oxygen atoms in total. The molecule has 0 spiro atoms. The SMILES string of the molecule is Cc1ccc(SCc2nc(-c3ccc(C(=O)NCc4ccc(F)cc4)cc3)oc2C)cc1. The van der Waals surface area contributed by atoms with Crippen LogP contribution in [0.1, 0.15) is 32.9 Å². The zero-order valence-electron chi connectivity index (χ0n) is 17.9. The summed E-state index contributed by atoms with van der Waals surface area (Å²) in [6.07, 6.45) is 0. The molecule has 0 saturated carbocycles. The number of nitrogens with one attached hydrogen (secondary N) is 1. The van der Waals surface area contributed by atoms with Crippen molar-refractivity contribution >= 4 is 17.7 Å². The highest BCUT2D eigenvalue weighted by Gasteiger charge is 2.13. The molecule has 1 amide bonds. The molecule has 4 aromatic rings. The smallest absolute Gasteiger partial charge is 0.251 e. The second-order valence-corrected chi connectivity index (χ2v) is 8.56. The number of aryl methyl sites for hydroxylation is 2. The predicted octanol–water partition coefficient (Wildman–Crippen LogP) is 6.32. The van der Waals surface area contributed by atoms with Crippen molar-refractivity contribution in [3.8, 4) is 11.5 Å². The van der Waals surface area contributed by atoms with E-state index < -0.39 is 0 Å². The van der Waals surface area contributed by atoms with Gasteiger partial charge < -0.3 is 9.73 Å². The maximum atomic E-state index is 13.0. The molecule has 0 radical (unpaired) electrons. The maximum absolute atomic E-state index is 13.0. The molecule has 6 heteroatoms. The molecular formula is C26H23FN2O2S. The fourth-order valence-corrected chi connectivity index (χ4v) is 4.02. The van der Waals surface area contributed by atoms with Gasteiger partial charge in [0.15, 0.2) is 0 Å². The van der Waals surface area contributed by atoms with Gasteiger partial charge in [0.25, 0.3) is 5.91 Å². The average Bonchev–Trinajstić information content (AvgIpc) is 3.18. The van der Waals surface area contributed by atoms with Gasteiger partial charge in [0.2, 0.25) is 5.89 Å². The molecule has 1 aromatic heterocycles. The minimum absolute atomic E-state index is 0.195. The number of aromatic nitrogens is 1. The Labute approximate surface area is 190 Å². The van der Waals surface area contributed by atoms with Crippen LogP contribution in [0.4, 0.5) is 4.39 Å². The summed E-state index contributed by atoms with van der Waals surface area (Å²) in [7, 11) is 0. The van der Waals surface area contributed by atoms with Gasteiger partial charge in [-0.2, -0.15) is 0 Å². The monoisotopic (exact) mass is 446 g/mol. The first kappa shape index (κ1) is 21.8. The van der Waals surface area contributed by atoms with Crippen LogP contribution < -0.4 is 5.32 Å². The van der Waals surface area contributed by atoms with Crippen LogP contribution in [0.5, 0.6) is 0 Å². The van der Waals surface area contributed by atoms with Crippen LogP contribution in [0.15, 0.2) is 82.1 Å². The lowest BCUT2D eigenvalue weighted by atomic mass is 10.1. The lowest BCUT2D eigenvalue weighted by molar-refractivity contribution is 0.0951. The third-order valence-electron chi connectivity index (χ3n) is 5.05. The second-order valence-electron chi connectivity index (χ2n) is 7.51. The number of hydrogen-bond acceptors (Lipinski definition) is 4. The zero-order valence-corrected chi connectivity index (χ0v) is 18.7. The Morgan fingerprint density at radius 3 is 2.34 bits per heavy atom. The number of halogens is 1. The number of nitrogens with zero attached hydrogens (tertiary/aromatic N) is 1. The molecule has 0 unspecified atom stereocenters. The van der Waals surface area contributed by atoms with Gasteiger partial charge in [-0.3, -0.25) is 4.79 Å². The molecule has 4 rings (SSSR count). The first-order valence-corrected chi connectivity index (χ1v) is 11.3. The molecule has 0 aliphatic heterocycles. The molecule has 1 N–H and O–H groups in total. The molecule has 32 heavy (non-hydrogen) atoms. The highest BCUT2D eigenvalue weighted by atomic mass is 32.2. The Morgan fingerprint density at radius 2 is 1.66 bits per heavy atom. The molecular weight excluding hydrogens is 423 g/mol. The molecule has 3 aromatic carbocycles. The number of carbonyl (C=O) groups is 1. The van der Waals surface area contributed by atoms with Crippen molar-refractivity contribution in [3.05, 3.63) is 107 Å². The van der Waals surface area contributed by atoms with E-state index in [1.807, 2.05) is 19.1 Å². The predicted molar refractivity (Wildman–Crippen MR) is 125 cm³/mol. The van der Waals surface area contributed by atoms with Crippen molar-refractivity contribution in [1.82, 2.24) is 10.3 Å². The van der Waals surface area contributed by atoms with Crippen LogP contribution in [0, 0.1) is 19.7 Å². The van der Waals surface area contributed by atoms with Gasteiger partial charge in [-0.1, -0.05) is 29.8 Å². The Bertz CT molecular complexity index is 1200. The third-order valence-corrected chi connectivity index (χ3v) is 6.07. The Balaban J connectivity index is 1.38. The van der Waals surface area contributed by atoms with Crippen LogP contribution in [-0.4, -0.2) is 10.9 Å². The summed E-state index contributed by atoms with van der Waals surface area (Å²) in [5.74, 6) is 1.57. The van der Waals surface area contributed by atoms with Crippen LogP contribution in [0.25, 0.3) is 11.5 Å². The molecule has 162 valence electrons. The van der Waals surface area contributed by atoms with Crippen LogP contribution in [-0.2, 0) is 12.3 Å². The summed E-state index contributed by atoms with van der Waals surface area (Å²) < 4.78 is 18.9. The van der Waals surface area contributed by atoms with Gasteiger partial charge in [-0.15, -0.1) is 11.8 Å². The van der Waals surface area contributed by atoms with Crippen molar-refractivity contribution in [2.24, 2.45) is 0 Å². The van der Waals surface area contributed by atoms with E-state index >= 15 is 0 Å². The number of carbonyl (C=O) groups excluding carboxylic acids is 1. The summed E-state index contributed by atoms with van der Waals surface area (Å²) in [5, 5.41) is 2.84. The van der Waals surface area contributed by atoms with Gasteiger partial charge in [-0.05, 0) is 67.9 Å². The molecule has 0 saturated heterocycles. The molecule has 0 bridgehead atoms. The van der Waals surface area contributed by atoms with Crippen LogP contribution >= 0.6 is 11.8 Å². The van der Waals surface area contributed by atoms with E-state index in [1.54, 1.807) is 36.0 Å². The van der Waals surface area contributed by atoms with Crippen molar-refractivity contribution in [2.75, 3.05) is 0 Å². The lowest BCUT2D eigenvalue weighted by Crippen LogP contribution is -2.22. The number of amides is 1. The van der Waals surface area contributed by atoms with Crippen LogP contribution in [0.2, 0.25) is 0 Å². The van der Waals surface area contributed by atoms with Gasteiger partial charge in [0.1, 0.15) is 11.6 Å². The Hall–Kier alpha value is -3.38. The third kappa shape index (κ3) is 5.45. The molecule has 0 fully saturated rings. The maximum Gasteiger partial charge on any atom is 0.251 e. The number of thioether (sulfide) groups is 1. The minimum Gasteiger partial charge on any atom is -0.441 e. The van der Waals surface area contributed by atoms with E-state index in [0.717, 1.165) is 28.3 Å². The summed E-state index contributed by atoms with van der Waals surface area (Å²) >= 11 is 1.72. The van der Waals surface area contributed by atoms with Crippen LogP contribution in [0.3, 0.4) is 0 Å². The summed E-state index contributed by atoms with van der Waals surface area (Å²) in [5.41, 5.74) is 4.33. The van der Waals surface area contributed by atoms with E-state index in [4.69, 9.17) is 4.42 Å². The number of hydrogen-bond donors (Lipinski definition) is 1. The summed E-state index contributed by atoms with van der Waals surface area (Å²) in [4.78, 5) is 18.2. The lowest BCUT2D eigenvalue weighted by Gasteiger charge is -2.06. The van der Waals surface area contributed by atoms with Gasteiger partial charge >= 0.3 is 0 Å². The van der Waals surface area contributed by atoms with E-state index in [-0.39, 0.29) is 11.7 Å². The van der Waals surface area contributed by atoms with Crippen molar-refractivity contribution in [3.63, 3.8) is 0 Å². The van der Waals surface area contributed by atoms with E-state index in [1.165, 1.54) is 22.6 Å². The van der Waals surface area contributed by atoms with Gasteiger partial charge in [-0.25, -0.2) is 9.37 Å².